The quantitative estimate of drug-likeness (QED) is 0.792. The van der Waals surface area contributed by atoms with Crippen LogP contribution >= 0.6 is 0 Å². The fourth-order valence-electron chi connectivity index (χ4n) is 4.42. The van der Waals surface area contributed by atoms with E-state index in [-0.39, 0.29) is 18.1 Å². The lowest BCUT2D eigenvalue weighted by Gasteiger charge is -2.45. The van der Waals surface area contributed by atoms with Gasteiger partial charge in [-0.15, -0.1) is 0 Å². The molecule has 0 radical (unpaired) electrons. The topological polar surface area (TPSA) is 81.4 Å². The first-order valence-electron chi connectivity index (χ1n) is 9.90. The Hall–Kier alpha value is -2.82. The van der Waals surface area contributed by atoms with Crippen molar-refractivity contribution in [1.82, 2.24) is 5.32 Å². The summed E-state index contributed by atoms with van der Waals surface area (Å²) in [4.78, 5) is 24.2. The van der Waals surface area contributed by atoms with Gasteiger partial charge in [0.25, 0.3) is 0 Å². The number of aryl methyl sites for hydroxylation is 1. The Morgan fingerprint density at radius 2 is 1.86 bits per heavy atom. The molecule has 148 valence electrons. The van der Waals surface area contributed by atoms with Gasteiger partial charge >= 0.3 is 6.09 Å². The molecule has 1 aliphatic carbocycles. The lowest BCUT2D eigenvalue weighted by Crippen LogP contribution is -2.53. The summed E-state index contributed by atoms with van der Waals surface area (Å²) in [6, 6.07) is 15.3. The second-order valence-corrected chi connectivity index (χ2v) is 7.40. The Morgan fingerprint density at radius 1 is 1.14 bits per heavy atom. The fourth-order valence-corrected chi connectivity index (χ4v) is 4.42. The molecule has 2 amide bonds. The molecule has 0 saturated carbocycles. The van der Waals surface area contributed by atoms with Crippen LogP contribution in [0.15, 0.2) is 48.5 Å². The number of benzene rings is 2. The van der Waals surface area contributed by atoms with Crippen molar-refractivity contribution in [2.45, 2.75) is 57.6 Å². The van der Waals surface area contributed by atoms with Gasteiger partial charge in [-0.1, -0.05) is 50.2 Å². The van der Waals surface area contributed by atoms with Gasteiger partial charge in [0.15, 0.2) is 0 Å². The zero-order chi connectivity index (χ0) is 20.1. The molecule has 5 nitrogen and oxygen atoms in total. The molecule has 2 aromatic carbocycles. The molecule has 0 aromatic heterocycles. The summed E-state index contributed by atoms with van der Waals surface area (Å²) in [7, 11) is 0. The lowest BCUT2D eigenvalue weighted by molar-refractivity contribution is 0.0999. The molecule has 28 heavy (non-hydrogen) atoms. The Bertz CT molecular complexity index is 844. The van der Waals surface area contributed by atoms with E-state index in [9.17, 15) is 9.59 Å². The summed E-state index contributed by atoms with van der Waals surface area (Å²) in [5, 5.41) is 3.09. The highest BCUT2D eigenvalue weighted by molar-refractivity contribution is 5.93. The van der Waals surface area contributed by atoms with Crippen LogP contribution < -0.4 is 11.1 Å². The zero-order valence-corrected chi connectivity index (χ0v) is 16.5. The van der Waals surface area contributed by atoms with Crippen molar-refractivity contribution >= 4 is 12.0 Å². The van der Waals surface area contributed by atoms with E-state index >= 15 is 0 Å². The molecule has 0 heterocycles. The standard InChI is InChI=1S/C23H28N2O3/c1-3-23(4-2)19-14-18(21(24)26)11-10-17(19)12-13-20(23)25-22(27)28-15-16-8-6-5-7-9-16/h5-11,14,20H,3-4,12-13,15H2,1-2H3,(H2,24,26)(H,25,27). The Labute approximate surface area is 166 Å². The van der Waals surface area contributed by atoms with E-state index in [0.29, 0.717) is 5.56 Å². The third-order valence-corrected chi connectivity index (χ3v) is 6.07. The number of hydrogen-bond donors (Lipinski definition) is 2. The molecular weight excluding hydrogens is 352 g/mol. The van der Waals surface area contributed by atoms with Crippen LogP contribution in [-0.2, 0) is 23.2 Å². The molecule has 3 N–H and O–H groups in total. The first-order chi connectivity index (χ1) is 13.5. The molecule has 1 aliphatic rings. The van der Waals surface area contributed by atoms with Crippen molar-refractivity contribution in [2.75, 3.05) is 0 Å². The predicted molar refractivity (Wildman–Crippen MR) is 109 cm³/mol. The molecule has 5 heteroatoms. The maximum absolute atomic E-state index is 12.5. The van der Waals surface area contributed by atoms with Crippen LogP contribution in [-0.4, -0.2) is 18.0 Å². The van der Waals surface area contributed by atoms with Crippen molar-refractivity contribution in [3.63, 3.8) is 0 Å². The Kier molecular flexibility index (Phi) is 6.02. The molecule has 0 aliphatic heterocycles. The van der Waals surface area contributed by atoms with E-state index in [2.05, 4.69) is 19.2 Å². The first kappa shape index (κ1) is 19.9. The van der Waals surface area contributed by atoms with E-state index in [0.717, 1.165) is 36.8 Å². The van der Waals surface area contributed by atoms with Gasteiger partial charge in [-0.05, 0) is 54.5 Å². The maximum atomic E-state index is 12.5. The van der Waals surface area contributed by atoms with Crippen molar-refractivity contribution < 1.29 is 14.3 Å². The number of amides is 2. The van der Waals surface area contributed by atoms with Gasteiger partial charge in [-0.3, -0.25) is 4.79 Å². The van der Waals surface area contributed by atoms with Crippen molar-refractivity contribution in [3.8, 4) is 0 Å². The number of carbonyl (C=O) groups is 2. The van der Waals surface area contributed by atoms with Crippen molar-refractivity contribution in [2.24, 2.45) is 5.73 Å². The minimum absolute atomic E-state index is 0.0543. The minimum atomic E-state index is -0.429. The highest BCUT2D eigenvalue weighted by Gasteiger charge is 2.42. The monoisotopic (exact) mass is 380 g/mol. The fraction of sp³-hybridized carbons (Fsp3) is 0.391. The van der Waals surface area contributed by atoms with E-state index in [1.807, 2.05) is 42.5 Å². The number of ether oxygens (including phenoxy) is 1. The van der Waals surface area contributed by atoms with Crippen LogP contribution in [0.25, 0.3) is 0 Å². The SMILES string of the molecule is CCC1(CC)c2cc(C(N)=O)ccc2CCC1NC(=O)OCc1ccccc1. The average molecular weight is 380 g/mol. The summed E-state index contributed by atoms with van der Waals surface area (Å²) in [5.41, 5.74) is 9.06. The lowest BCUT2D eigenvalue weighted by atomic mass is 9.63. The number of hydrogen-bond acceptors (Lipinski definition) is 3. The largest absolute Gasteiger partial charge is 0.445 e. The molecule has 2 aromatic rings. The Morgan fingerprint density at radius 3 is 2.50 bits per heavy atom. The molecule has 0 saturated heterocycles. The van der Waals surface area contributed by atoms with E-state index < -0.39 is 12.0 Å². The number of nitrogens with two attached hydrogens (primary N) is 1. The maximum Gasteiger partial charge on any atom is 0.407 e. The van der Waals surface area contributed by atoms with E-state index in [4.69, 9.17) is 10.5 Å². The Balaban J connectivity index is 1.80. The molecule has 1 atom stereocenters. The van der Waals surface area contributed by atoms with E-state index in [1.165, 1.54) is 5.56 Å². The van der Waals surface area contributed by atoms with Crippen LogP contribution in [0, 0.1) is 0 Å². The summed E-state index contributed by atoms with van der Waals surface area (Å²) in [5.74, 6) is -0.429. The van der Waals surface area contributed by atoms with Crippen LogP contribution in [0.2, 0.25) is 0 Å². The second kappa shape index (κ2) is 8.46. The third-order valence-electron chi connectivity index (χ3n) is 6.07. The van der Waals surface area contributed by atoms with Gasteiger partial charge in [-0.2, -0.15) is 0 Å². The summed E-state index contributed by atoms with van der Waals surface area (Å²) in [6.07, 6.45) is 2.98. The normalized spacial score (nSPS) is 17.4. The summed E-state index contributed by atoms with van der Waals surface area (Å²) in [6.45, 7) is 4.49. The smallest absolute Gasteiger partial charge is 0.407 e. The minimum Gasteiger partial charge on any atom is -0.445 e. The van der Waals surface area contributed by atoms with Gasteiger partial charge in [0.1, 0.15) is 6.61 Å². The average Bonchev–Trinajstić information content (AvgIpc) is 2.72. The summed E-state index contributed by atoms with van der Waals surface area (Å²) < 4.78 is 5.44. The molecule has 3 rings (SSSR count). The zero-order valence-electron chi connectivity index (χ0n) is 16.5. The van der Waals surface area contributed by atoms with Crippen LogP contribution in [0.5, 0.6) is 0 Å². The third kappa shape index (κ3) is 3.88. The number of nitrogens with one attached hydrogen (secondary N) is 1. The van der Waals surface area contributed by atoms with Crippen molar-refractivity contribution in [3.05, 3.63) is 70.8 Å². The highest BCUT2D eigenvalue weighted by Crippen LogP contribution is 2.43. The first-order valence-corrected chi connectivity index (χ1v) is 9.90. The van der Waals surface area contributed by atoms with Crippen LogP contribution in [0.3, 0.4) is 0 Å². The van der Waals surface area contributed by atoms with Gasteiger partial charge in [0, 0.05) is 17.0 Å². The molecule has 0 fully saturated rings. The van der Waals surface area contributed by atoms with Crippen LogP contribution in [0.4, 0.5) is 4.79 Å². The molecule has 0 bridgehead atoms. The number of carbonyl (C=O) groups excluding carboxylic acids is 2. The highest BCUT2D eigenvalue weighted by atomic mass is 16.5. The van der Waals surface area contributed by atoms with Crippen LogP contribution in [0.1, 0.15) is 60.2 Å². The predicted octanol–water partition coefficient (Wildman–Crippen LogP) is 4.08. The number of fused-ring (bicyclic) bond motifs is 1. The van der Waals surface area contributed by atoms with Gasteiger partial charge in [0.05, 0.1) is 0 Å². The number of alkyl carbamates (subject to hydrolysis) is 1. The van der Waals surface area contributed by atoms with Gasteiger partial charge in [-0.25, -0.2) is 4.79 Å². The number of primary amides is 1. The van der Waals surface area contributed by atoms with Gasteiger partial charge in [0.2, 0.25) is 5.91 Å². The van der Waals surface area contributed by atoms with Crippen molar-refractivity contribution in [1.29, 1.82) is 0 Å². The molecule has 1 unspecified atom stereocenters. The van der Waals surface area contributed by atoms with Gasteiger partial charge < -0.3 is 15.8 Å². The van der Waals surface area contributed by atoms with E-state index in [1.54, 1.807) is 6.07 Å². The molecular formula is C23H28N2O3. The number of rotatable bonds is 6. The summed E-state index contributed by atoms with van der Waals surface area (Å²) >= 11 is 0. The second-order valence-electron chi connectivity index (χ2n) is 7.40. The molecule has 0 spiro atoms.